The molecule has 0 spiro atoms. The summed E-state index contributed by atoms with van der Waals surface area (Å²) in [4.78, 5) is 0. The molecule has 3 heteroatoms. The molecule has 1 N–H and O–H groups in total. The fraction of sp³-hybridized carbons (Fsp3) is 0.714. The number of rotatable bonds is 2. The molecule has 0 bridgehead atoms. The van der Waals surface area contributed by atoms with E-state index < -0.39 is 0 Å². The number of aliphatic hydroxyl groups excluding tert-OH is 1. The van der Waals surface area contributed by atoms with E-state index in [0.717, 1.165) is 19.3 Å². The molecule has 100 valence electrons. The van der Waals surface area contributed by atoms with Crippen molar-refractivity contribution in [3.8, 4) is 0 Å². The van der Waals surface area contributed by atoms with Crippen LogP contribution in [-0.2, 0) is 9.47 Å². The van der Waals surface area contributed by atoms with Crippen molar-refractivity contribution >= 4 is 0 Å². The van der Waals surface area contributed by atoms with E-state index in [1.807, 2.05) is 12.3 Å². The lowest BCUT2D eigenvalue weighted by Gasteiger charge is -2.16. The van der Waals surface area contributed by atoms with Gasteiger partial charge in [0.25, 0.3) is 0 Å². The van der Waals surface area contributed by atoms with Gasteiger partial charge in [-0.3, -0.25) is 0 Å². The first-order valence-electron chi connectivity index (χ1n) is 6.08. The molecule has 0 aromatic heterocycles. The summed E-state index contributed by atoms with van der Waals surface area (Å²) in [6.45, 7) is 2.30. The molecule has 0 aliphatic carbocycles. The molecule has 0 fully saturated rings. The molecule has 2 rings (SSSR count). The molecular formula is C14H26O3. The molecule has 1 unspecified atom stereocenters. The van der Waals surface area contributed by atoms with Gasteiger partial charge in [-0.15, -0.1) is 0 Å². The minimum Gasteiger partial charge on any atom is -0.498 e. The molecule has 2 aliphatic heterocycles. The van der Waals surface area contributed by atoms with E-state index in [1.54, 1.807) is 6.26 Å². The summed E-state index contributed by atoms with van der Waals surface area (Å²) < 4.78 is 10.2. The number of ether oxygens (including phenoxy) is 2. The van der Waals surface area contributed by atoms with Gasteiger partial charge < -0.3 is 14.6 Å². The van der Waals surface area contributed by atoms with E-state index in [0.29, 0.717) is 6.10 Å². The van der Waals surface area contributed by atoms with Gasteiger partial charge in [-0.25, -0.2) is 0 Å². The van der Waals surface area contributed by atoms with Crippen molar-refractivity contribution in [1.29, 1.82) is 0 Å². The van der Waals surface area contributed by atoms with E-state index in [9.17, 15) is 0 Å². The Labute approximate surface area is 105 Å². The predicted octanol–water partition coefficient (Wildman–Crippen LogP) is 3.40. The van der Waals surface area contributed by atoms with Crippen LogP contribution in [0.5, 0.6) is 0 Å². The summed E-state index contributed by atoms with van der Waals surface area (Å²) >= 11 is 0. The zero-order chi connectivity index (χ0) is 11.6. The lowest BCUT2D eigenvalue weighted by Crippen LogP contribution is -2.16. The van der Waals surface area contributed by atoms with Gasteiger partial charge in [0, 0.05) is 0 Å². The maximum atomic E-state index is 8.53. The van der Waals surface area contributed by atoms with Gasteiger partial charge >= 0.3 is 0 Å². The van der Waals surface area contributed by atoms with E-state index in [-0.39, 0.29) is 20.1 Å². The fourth-order valence-electron chi connectivity index (χ4n) is 1.60. The third-order valence-electron chi connectivity index (χ3n) is 2.70. The molecule has 0 saturated heterocycles. The van der Waals surface area contributed by atoms with E-state index in [2.05, 4.69) is 13.0 Å². The Morgan fingerprint density at radius 1 is 1.06 bits per heavy atom. The second-order valence-electron chi connectivity index (χ2n) is 4.01. The molecule has 3 nitrogen and oxygen atoms in total. The quantitative estimate of drug-likeness (QED) is 0.806. The minimum atomic E-state index is 0. The van der Waals surface area contributed by atoms with Crippen molar-refractivity contribution in [2.45, 2.75) is 58.7 Å². The lowest BCUT2D eigenvalue weighted by molar-refractivity contribution is 0.0634. The first-order chi connectivity index (χ1) is 7.86. The monoisotopic (exact) mass is 242 g/mol. The van der Waals surface area contributed by atoms with Gasteiger partial charge in [0.1, 0.15) is 6.10 Å². The standard InChI is InChI=1S/C7H12O.C6H10O2.CH4/c1-2-7-5-3-4-6-8-7;7-5-6-3-1-2-4-8-6;/h4,6-7H,2-3,5H2,1H3;2,4,6-7H,1,3,5H2;1H4/t;6-;/m.0./s1. The van der Waals surface area contributed by atoms with Crippen LogP contribution in [0.15, 0.2) is 24.7 Å². The Kier molecular flexibility index (Phi) is 9.63. The summed E-state index contributed by atoms with van der Waals surface area (Å²) in [5, 5.41) is 8.53. The summed E-state index contributed by atoms with van der Waals surface area (Å²) in [5.74, 6) is 0. The molecule has 0 aromatic carbocycles. The second kappa shape index (κ2) is 10.2. The largest absolute Gasteiger partial charge is 0.498 e. The van der Waals surface area contributed by atoms with Crippen LogP contribution >= 0.6 is 0 Å². The van der Waals surface area contributed by atoms with Gasteiger partial charge in [0.05, 0.1) is 25.2 Å². The Morgan fingerprint density at radius 3 is 1.82 bits per heavy atom. The van der Waals surface area contributed by atoms with Crippen molar-refractivity contribution in [3.63, 3.8) is 0 Å². The average molecular weight is 242 g/mol. The van der Waals surface area contributed by atoms with Gasteiger partial charge in [-0.05, 0) is 44.3 Å². The van der Waals surface area contributed by atoms with Gasteiger partial charge in [0.15, 0.2) is 0 Å². The van der Waals surface area contributed by atoms with E-state index in [1.165, 1.54) is 12.8 Å². The smallest absolute Gasteiger partial charge is 0.121 e. The molecular weight excluding hydrogens is 216 g/mol. The minimum absolute atomic E-state index is 0. The highest BCUT2D eigenvalue weighted by atomic mass is 16.5. The Balaban J connectivity index is 0.000000284. The lowest BCUT2D eigenvalue weighted by atomic mass is 10.1. The third-order valence-corrected chi connectivity index (χ3v) is 2.70. The molecule has 2 aliphatic rings. The predicted molar refractivity (Wildman–Crippen MR) is 70.6 cm³/mol. The van der Waals surface area contributed by atoms with E-state index >= 15 is 0 Å². The Morgan fingerprint density at radius 2 is 1.59 bits per heavy atom. The molecule has 0 amide bonds. The van der Waals surface area contributed by atoms with Crippen LogP contribution in [-0.4, -0.2) is 23.9 Å². The molecule has 0 radical (unpaired) electrons. The van der Waals surface area contributed by atoms with Crippen LogP contribution in [0, 0.1) is 0 Å². The Hall–Kier alpha value is -0.960. The van der Waals surface area contributed by atoms with Crippen LogP contribution in [0.25, 0.3) is 0 Å². The highest BCUT2D eigenvalue weighted by Crippen LogP contribution is 2.12. The van der Waals surface area contributed by atoms with Crippen LogP contribution in [0.4, 0.5) is 0 Å². The van der Waals surface area contributed by atoms with Crippen molar-refractivity contribution in [2.75, 3.05) is 6.61 Å². The van der Waals surface area contributed by atoms with Crippen LogP contribution in [0.2, 0.25) is 0 Å². The average Bonchev–Trinajstić information content (AvgIpc) is 2.41. The van der Waals surface area contributed by atoms with E-state index in [4.69, 9.17) is 14.6 Å². The topological polar surface area (TPSA) is 38.7 Å². The summed E-state index contributed by atoms with van der Waals surface area (Å²) in [6, 6.07) is 0. The summed E-state index contributed by atoms with van der Waals surface area (Å²) in [5.41, 5.74) is 0. The third kappa shape index (κ3) is 7.05. The number of hydrogen-bond donors (Lipinski definition) is 1. The number of allylic oxidation sites excluding steroid dienone is 2. The fourth-order valence-corrected chi connectivity index (χ4v) is 1.60. The molecule has 2 atom stereocenters. The molecule has 17 heavy (non-hydrogen) atoms. The van der Waals surface area contributed by atoms with Gasteiger partial charge in [-0.2, -0.15) is 0 Å². The van der Waals surface area contributed by atoms with Crippen molar-refractivity contribution in [3.05, 3.63) is 24.7 Å². The SMILES string of the molecule is C.CCC1CCC=CO1.OC[C@@H]1CCC=CO1. The van der Waals surface area contributed by atoms with Crippen molar-refractivity contribution in [2.24, 2.45) is 0 Å². The van der Waals surface area contributed by atoms with Gasteiger partial charge in [-0.1, -0.05) is 14.4 Å². The second-order valence-corrected chi connectivity index (χ2v) is 4.01. The normalized spacial score (nSPS) is 25.8. The number of aliphatic hydroxyl groups is 1. The maximum absolute atomic E-state index is 8.53. The first kappa shape index (κ1) is 16.0. The summed E-state index contributed by atoms with van der Waals surface area (Å²) in [7, 11) is 0. The summed E-state index contributed by atoms with van der Waals surface area (Å²) in [6.07, 6.45) is 13.6. The van der Waals surface area contributed by atoms with Crippen LogP contribution in [0.1, 0.15) is 46.5 Å². The first-order valence-corrected chi connectivity index (χ1v) is 6.08. The van der Waals surface area contributed by atoms with Crippen LogP contribution in [0.3, 0.4) is 0 Å². The van der Waals surface area contributed by atoms with Crippen LogP contribution < -0.4 is 0 Å². The molecule has 2 heterocycles. The highest BCUT2D eigenvalue weighted by molar-refractivity contribution is 4.82. The highest BCUT2D eigenvalue weighted by Gasteiger charge is 2.07. The van der Waals surface area contributed by atoms with Gasteiger partial charge in [0.2, 0.25) is 0 Å². The zero-order valence-corrected chi connectivity index (χ0v) is 9.97. The maximum Gasteiger partial charge on any atom is 0.121 e. The number of hydrogen-bond acceptors (Lipinski definition) is 3. The van der Waals surface area contributed by atoms with Crippen molar-refractivity contribution in [1.82, 2.24) is 0 Å². The molecule has 0 aromatic rings. The molecule has 0 saturated carbocycles. The van der Waals surface area contributed by atoms with Crippen molar-refractivity contribution < 1.29 is 14.6 Å². The zero-order valence-electron chi connectivity index (χ0n) is 9.97. The Bertz CT molecular complexity index is 200.